The predicted molar refractivity (Wildman–Crippen MR) is 80.0 cm³/mol. The molecule has 2 rings (SSSR count). The van der Waals surface area contributed by atoms with Crippen LogP contribution in [-0.2, 0) is 4.79 Å². The lowest BCUT2D eigenvalue weighted by atomic mass is 9.61. The summed E-state index contributed by atoms with van der Waals surface area (Å²) >= 11 is 0. The van der Waals surface area contributed by atoms with Gasteiger partial charge in [0.1, 0.15) is 0 Å². The molecule has 0 saturated heterocycles. The van der Waals surface area contributed by atoms with Gasteiger partial charge in [0.25, 0.3) is 0 Å². The Morgan fingerprint density at radius 1 is 1.20 bits per heavy atom. The van der Waals surface area contributed by atoms with Crippen molar-refractivity contribution in [3.63, 3.8) is 0 Å². The number of carbonyl (C=O) groups excluding carboxylic acids is 1. The Morgan fingerprint density at radius 3 is 2.50 bits per heavy atom. The normalized spacial score (nSPS) is 41.1. The van der Waals surface area contributed by atoms with Crippen LogP contribution in [0, 0.1) is 17.3 Å². The smallest absolute Gasteiger partial charge is 0.223 e. The van der Waals surface area contributed by atoms with Crippen LogP contribution in [0.2, 0.25) is 0 Å². The highest BCUT2D eigenvalue weighted by molar-refractivity contribution is 5.80. The molecule has 0 aromatic heterocycles. The third-order valence-corrected chi connectivity index (χ3v) is 5.88. The van der Waals surface area contributed by atoms with Crippen molar-refractivity contribution in [2.45, 2.75) is 77.5 Å². The number of hydrogen-bond acceptors (Lipinski definition) is 3. The average molecular weight is 282 g/mol. The van der Waals surface area contributed by atoms with Crippen LogP contribution >= 0.6 is 0 Å². The van der Waals surface area contributed by atoms with Gasteiger partial charge in [-0.15, -0.1) is 0 Å². The molecule has 2 fully saturated rings. The third-order valence-electron chi connectivity index (χ3n) is 5.88. The number of nitrogens with one attached hydrogen (secondary N) is 1. The zero-order chi connectivity index (χ0) is 14.9. The van der Waals surface area contributed by atoms with Crippen molar-refractivity contribution in [3.05, 3.63) is 0 Å². The van der Waals surface area contributed by atoms with Gasteiger partial charge < -0.3 is 16.2 Å². The van der Waals surface area contributed by atoms with Gasteiger partial charge in [0.05, 0.1) is 12.1 Å². The van der Waals surface area contributed by atoms with Gasteiger partial charge in [-0.3, -0.25) is 4.79 Å². The maximum atomic E-state index is 12.6. The molecular formula is C16H30N2O2. The van der Waals surface area contributed by atoms with Crippen LogP contribution in [0.25, 0.3) is 0 Å². The highest BCUT2D eigenvalue weighted by Crippen LogP contribution is 2.44. The van der Waals surface area contributed by atoms with E-state index in [0.29, 0.717) is 5.92 Å². The lowest BCUT2D eigenvalue weighted by molar-refractivity contribution is -0.134. The molecule has 116 valence electrons. The number of nitrogens with two attached hydrogens (primary N) is 1. The van der Waals surface area contributed by atoms with E-state index in [1.165, 1.54) is 0 Å². The van der Waals surface area contributed by atoms with Crippen molar-refractivity contribution < 1.29 is 9.90 Å². The number of aliphatic hydroxyl groups is 1. The molecule has 4 nitrogen and oxygen atoms in total. The molecule has 0 aliphatic heterocycles. The van der Waals surface area contributed by atoms with Gasteiger partial charge in [0, 0.05) is 12.0 Å². The lowest BCUT2D eigenvalue weighted by Crippen LogP contribution is -2.54. The number of rotatable bonds is 2. The van der Waals surface area contributed by atoms with Crippen LogP contribution in [0.15, 0.2) is 0 Å². The van der Waals surface area contributed by atoms with Gasteiger partial charge in [-0.1, -0.05) is 33.6 Å². The van der Waals surface area contributed by atoms with E-state index in [2.05, 4.69) is 26.1 Å². The molecule has 0 bridgehead atoms. The van der Waals surface area contributed by atoms with E-state index >= 15 is 0 Å². The van der Waals surface area contributed by atoms with E-state index in [1.54, 1.807) is 0 Å². The fourth-order valence-corrected chi connectivity index (χ4v) is 3.88. The molecular weight excluding hydrogens is 252 g/mol. The van der Waals surface area contributed by atoms with Gasteiger partial charge in [-0.25, -0.2) is 0 Å². The highest BCUT2D eigenvalue weighted by atomic mass is 16.3. The molecule has 2 saturated carbocycles. The molecule has 4 N–H and O–H groups in total. The average Bonchev–Trinajstić information content (AvgIpc) is 2.38. The summed E-state index contributed by atoms with van der Waals surface area (Å²) in [4.78, 5) is 12.6. The van der Waals surface area contributed by atoms with E-state index in [9.17, 15) is 9.90 Å². The summed E-state index contributed by atoms with van der Waals surface area (Å²) < 4.78 is 0. The van der Waals surface area contributed by atoms with Crippen molar-refractivity contribution in [2.24, 2.45) is 23.0 Å². The summed E-state index contributed by atoms with van der Waals surface area (Å²) in [6.07, 6.45) is 5.25. The van der Waals surface area contributed by atoms with Gasteiger partial charge in [-0.2, -0.15) is 0 Å². The maximum Gasteiger partial charge on any atom is 0.223 e. The first kappa shape index (κ1) is 15.8. The second-order valence-electron chi connectivity index (χ2n) is 7.37. The molecule has 0 spiro atoms. The summed E-state index contributed by atoms with van der Waals surface area (Å²) in [6.45, 7) is 6.45. The minimum absolute atomic E-state index is 0.00595. The van der Waals surface area contributed by atoms with Crippen LogP contribution in [-0.4, -0.2) is 29.2 Å². The molecule has 0 radical (unpaired) electrons. The van der Waals surface area contributed by atoms with Crippen LogP contribution in [0.4, 0.5) is 0 Å². The second kappa shape index (κ2) is 6.02. The Labute approximate surface area is 122 Å². The number of amides is 1. The summed E-state index contributed by atoms with van der Waals surface area (Å²) in [7, 11) is 0. The zero-order valence-electron chi connectivity index (χ0n) is 13.1. The van der Waals surface area contributed by atoms with Gasteiger partial charge in [-0.05, 0) is 37.0 Å². The maximum absolute atomic E-state index is 12.6. The number of hydrogen-bond donors (Lipinski definition) is 3. The summed E-state index contributed by atoms with van der Waals surface area (Å²) in [6, 6.07) is 0.132. The second-order valence-corrected chi connectivity index (χ2v) is 7.37. The SMILES string of the molecule is CC1C(N)CCC(C(=O)N[C@H]2CCCC[C@@H]2O)C1(C)C. The molecule has 1 amide bonds. The molecule has 3 unspecified atom stereocenters. The first-order valence-electron chi connectivity index (χ1n) is 8.08. The van der Waals surface area contributed by atoms with Crippen molar-refractivity contribution in [2.75, 3.05) is 0 Å². The largest absolute Gasteiger partial charge is 0.391 e. The van der Waals surface area contributed by atoms with Crippen LogP contribution in [0.1, 0.15) is 59.3 Å². The Balaban J connectivity index is 2.01. The topological polar surface area (TPSA) is 75.4 Å². The van der Waals surface area contributed by atoms with E-state index in [0.717, 1.165) is 38.5 Å². The molecule has 2 aliphatic carbocycles. The standard InChI is InChI=1S/C16H30N2O2/c1-10-12(17)9-8-11(16(10,2)3)15(20)18-13-6-4-5-7-14(13)19/h10-14,19H,4-9,17H2,1-3H3,(H,18,20)/t10?,11?,12?,13-,14-/m0/s1. The quantitative estimate of drug-likeness (QED) is 0.723. The zero-order valence-corrected chi connectivity index (χ0v) is 13.1. The molecule has 2 aliphatic rings. The lowest BCUT2D eigenvalue weighted by Gasteiger charge is -2.46. The fourth-order valence-electron chi connectivity index (χ4n) is 3.88. The molecule has 0 aromatic carbocycles. The van der Waals surface area contributed by atoms with Crippen LogP contribution in [0.3, 0.4) is 0 Å². The molecule has 0 heterocycles. The minimum atomic E-state index is -0.376. The minimum Gasteiger partial charge on any atom is -0.391 e. The summed E-state index contributed by atoms with van der Waals surface area (Å²) in [5.74, 6) is 0.453. The van der Waals surface area contributed by atoms with Crippen molar-refractivity contribution in [1.82, 2.24) is 5.32 Å². The monoisotopic (exact) mass is 282 g/mol. The van der Waals surface area contributed by atoms with Crippen LogP contribution in [0.5, 0.6) is 0 Å². The van der Waals surface area contributed by atoms with E-state index in [-0.39, 0.29) is 35.4 Å². The number of aliphatic hydroxyl groups excluding tert-OH is 1. The van der Waals surface area contributed by atoms with Crippen molar-refractivity contribution >= 4 is 5.91 Å². The van der Waals surface area contributed by atoms with Crippen LogP contribution < -0.4 is 11.1 Å². The molecule has 20 heavy (non-hydrogen) atoms. The predicted octanol–water partition coefficient (Wildman–Crippen LogP) is 1.81. The molecule has 4 heteroatoms. The first-order chi connectivity index (χ1) is 9.34. The van der Waals surface area contributed by atoms with Gasteiger partial charge in [0.15, 0.2) is 0 Å². The van der Waals surface area contributed by atoms with Gasteiger partial charge in [0.2, 0.25) is 5.91 Å². The summed E-state index contributed by atoms with van der Waals surface area (Å²) in [5, 5.41) is 13.1. The Morgan fingerprint density at radius 2 is 1.85 bits per heavy atom. The third kappa shape index (κ3) is 3.01. The van der Waals surface area contributed by atoms with Crippen molar-refractivity contribution in [1.29, 1.82) is 0 Å². The molecule has 0 aromatic rings. The van der Waals surface area contributed by atoms with E-state index < -0.39 is 0 Å². The van der Waals surface area contributed by atoms with Crippen molar-refractivity contribution in [3.8, 4) is 0 Å². The first-order valence-corrected chi connectivity index (χ1v) is 8.08. The Kier molecular flexibility index (Phi) is 4.75. The highest BCUT2D eigenvalue weighted by Gasteiger charge is 2.45. The van der Waals surface area contributed by atoms with E-state index in [1.807, 2.05) is 0 Å². The summed E-state index contributed by atoms with van der Waals surface area (Å²) in [5.41, 5.74) is 6.07. The Hall–Kier alpha value is -0.610. The van der Waals surface area contributed by atoms with Gasteiger partial charge >= 0.3 is 0 Å². The number of carbonyl (C=O) groups is 1. The fraction of sp³-hybridized carbons (Fsp3) is 0.938. The molecule has 5 atom stereocenters. The van der Waals surface area contributed by atoms with E-state index in [4.69, 9.17) is 5.73 Å². The Bertz CT molecular complexity index is 356.